The summed E-state index contributed by atoms with van der Waals surface area (Å²) in [6.07, 6.45) is 0. The summed E-state index contributed by atoms with van der Waals surface area (Å²) in [5, 5.41) is 12.2. The van der Waals surface area contributed by atoms with Crippen LogP contribution in [-0.4, -0.2) is 13.2 Å². The summed E-state index contributed by atoms with van der Waals surface area (Å²) < 4.78 is 5.58. The van der Waals surface area contributed by atoms with Crippen LogP contribution in [0.3, 0.4) is 0 Å². The van der Waals surface area contributed by atoms with Crippen molar-refractivity contribution in [1.82, 2.24) is 5.32 Å². The van der Waals surface area contributed by atoms with Crippen LogP contribution in [0, 0.1) is 11.3 Å². The first-order valence-electron chi connectivity index (χ1n) is 6.27. The summed E-state index contributed by atoms with van der Waals surface area (Å²) in [6, 6.07) is 19.6. The quantitative estimate of drug-likeness (QED) is 0.804. The van der Waals surface area contributed by atoms with Gasteiger partial charge in [-0.15, -0.1) is 0 Å². The van der Waals surface area contributed by atoms with E-state index in [-0.39, 0.29) is 0 Å². The number of hydrogen-bond acceptors (Lipinski definition) is 3. The average molecular weight is 252 g/mol. The smallest absolute Gasteiger partial charge is 0.137 e. The van der Waals surface area contributed by atoms with Crippen LogP contribution >= 0.6 is 0 Å². The molecule has 0 atom stereocenters. The fourth-order valence-corrected chi connectivity index (χ4v) is 1.75. The third-order valence-corrected chi connectivity index (χ3v) is 2.72. The van der Waals surface area contributed by atoms with Crippen molar-refractivity contribution >= 4 is 0 Å². The van der Waals surface area contributed by atoms with Gasteiger partial charge in [0, 0.05) is 13.1 Å². The first-order chi connectivity index (χ1) is 9.40. The van der Waals surface area contributed by atoms with Crippen molar-refractivity contribution in [3.63, 3.8) is 0 Å². The maximum absolute atomic E-state index is 8.92. The molecule has 0 bridgehead atoms. The Balaban J connectivity index is 1.71. The second kappa shape index (κ2) is 7.20. The zero-order valence-electron chi connectivity index (χ0n) is 10.7. The van der Waals surface area contributed by atoms with Gasteiger partial charge in [-0.3, -0.25) is 0 Å². The first kappa shape index (κ1) is 13.1. The van der Waals surface area contributed by atoms with Gasteiger partial charge in [-0.1, -0.05) is 42.5 Å². The zero-order chi connectivity index (χ0) is 13.3. The number of para-hydroxylation sites is 1. The van der Waals surface area contributed by atoms with E-state index in [9.17, 15) is 0 Å². The van der Waals surface area contributed by atoms with Crippen molar-refractivity contribution in [2.75, 3.05) is 13.2 Å². The monoisotopic (exact) mass is 252 g/mol. The van der Waals surface area contributed by atoms with E-state index in [1.165, 1.54) is 5.56 Å². The van der Waals surface area contributed by atoms with Crippen molar-refractivity contribution < 1.29 is 4.74 Å². The highest BCUT2D eigenvalue weighted by Crippen LogP contribution is 2.15. The Morgan fingerprint density at radius 2 is 1.74 bits per heavy atom. The van der Waals surface area contributed by atoms with Crippen molar-refractivity contribution in [2.24, 2.45) is 0 Å². The molecule has 0 aromatic heterocycles. The lowest BCUT2D eigenvalue weighted by Crippen LogP contribution is -2.20. The molecule has 3 nitrogen and oxygen atoms in total. The molecule has 19 heavy (non-hydrogen) atoms. The molecule has 3 heteroatoms. The molecule has 1 N–H and O–H groups in total. The first-order valence-corrected chi connectivity index (χ1v) is 6.27. The second-order valence-corrected chi connectivity index (χ2v) is 4.12. The minimum Gasteiger partial charge on any atom is -0.491 e. The Morgan fingerprint density at radius 1 is 1.00 bits per heavy atom. The average Bonchev–Trinajstić information content (AvgIpc) is 2.48. The van der Waals surface area contributed by atoms with E-state index in [1.54, 1.807) is 6.07 Å². The summed E-state index contributed by atoms with van der Waals surface area (Å²) in [6.45, 7) is 2.12. The number of ether oxygens (including phenoxy) is 1. The van der Waals surface area contributed by atoms with Crippen molar-refractivity contribution in [3.8, 4) is 11.8 Å². The lowest BCUT2D eigenvalue weighted by atomic mass is 10.2. The molecule has 0 heterocycles. The highest BCUT2D eigenvalue weighted by atomic mass is 16.5. The van der Waals surface area contributed by atoms with Crippen molar-refractivity contribution in [1.29, 1.82) is 5.26 Å². The molecule has 2 aromatic rings. The zero-order valence-corrected chi connectivity index (χ0v) is 10.7. The van der Waals surface area contributed by atoms with Crippen LogP contribution in [-0.2, 0) is 6.54 Å². The summed E-state index contributed by atoms with van der Waals surface area (Å²) in [5.41, 5.74) is 1.82. The molecule has 96 valence electrons. The van der Waals surface area contributed by atoms with Gasteiger partial charge in [0.1, 0.15) is 18.4 Å². The summed E-state index contributed by atoms with van der Waals surface area (Å²) in [4.78, 5) is 0. The number of nitriles is 1. The molecule has 0 fully saturated rings. The molecule has 0 aliphatic heterocycles. The molecule has 0 radical (unpaired) electrons. The summed E-state index contributed by atoms with van der Waals surface area (Å²) in [5.74, 6) is 0.645. The standard InChI is InChI=1S/C16H16N2O/c17-12-15-8-4-5-9-16(15)19-11-10-18-13-14-6-2-1-3-7-14/h1-9,18H,10-11,13H2. The number of benzene rings is 2. The molecule has 2 aromatic carbocycles. The molecule has 0 unspecified atom stereocenters. The predicted molar refractivity (Wildman–Crippen MR) is 74.8 cm³/mol. The minimum absolute atomic E-state index is 0.547. The molecule has 2 rings (SSSR count). The van der Waals surface area contributed by atoms with E-state index in [0.29, 0.717) is 17.9 Å². The van der Waals surface area contributed by atoms with Gasteiger partial charge < -0.3 is 10.1 Å². The Bertz CT molecular complexity index is 546. The van der Waals surface area contributed by atoms with Gasteiger partial charge in [0.25, 0.3) is 0 Å². The molecular formula is C16H16N2O. The van der Waals surface area contributed by atoms with Gasteiger partial charge in [-0.05, 0) is 17.7 Å². The second-order valence-electron chi connectivity index (χ2n) is 4.12. The van der Waals surface area contributed by atoms with Crippen molar-refractivity contribution in [3.05, 3.63) is 65.7 Å². The van der Waals surface area contributed by atoms with Crippen LogP contribution in [0.2, 0.25) is 0 Å². The van der Waals surface area contributed by atoms with Gasteiger partial charge in [-0.2, -0.15) is 5.26 Å². The maximum atomic E-state index is 8.92. The Kier molecular flexibility index (Phi) is 4.97. The normalized spacial score (nSPS) is 9.84. The van der Waals surface area contributed by atoms with Crippen LogP contribution in [0.15, 0.2) is 54.6 Å². The van der Waals surface area contributed by atoms with Gasteiger partial charge in [0.15, 0.2) is 0 Å². The van der Waals surface area contributed by atoms with Gasteiger partial charge in [0.05, 0.1) is 5.56 Å². The highest BCUT2D eigenvalue weighted by molar-refractivity contribution is 5.42. The van der Waals surface area contributed by atoms with Gasteiger partial charge in [0.2, 0.25) is 0 Å². The fourth-order valence-electron chi connectivity index (χ4n) is 1.75. The minimum atomic E-state index is 0.547. The molecule has 0 aliphatic carbocycles. The topological polar surface area (TPSA) is 45.0 Å². The van der Waals surface area contributed by atoms with Gasteiger partial charge >= 0.3 is 0 Å². The van der Waals surface area contributed by atoms with E-state index >= 15 is 0 Å². The molecule has 0 saturated carbocycles. The molecule has 0 amide bonds. The van der Waals surface area contributed by atoms with Crippen molar-refractivity contribution in [2.45, 2.75) is 6.54 Å². The Morgan fingerprint density at radius 3 is 2.53 bits per heavy atom. The summed E-state index contributed by atoms with van der Waals surface area (Å²) >= 11 is 0. The largest absolute Gasteiger partial charge is 0.491 e. The lowest BCUT2D eigenvalue weighted by Gasteiger charge is -2.08. The molecular weight excluding hydrogens is 236 g/mol. The fraction of sp³-hybridized carbons (Fsp3) is 0.188. The predicted octanol–water partition coefficient (Wildman–Crippen LogP) is 2.73. The maximum Gasteiger partial charge on any atom is 0.137 e. The third-order valence-electron chi connectivity index (χ3n) is 2.72. The Hall–Kier alpha value is -2.31. The van der Waals surface area contributed by atoms with Crippen LogP contribution in [0.1, 0.15) is 11.1 Å². The number of rotatable bonds is 6. The van der Waals surface area contributed by atoms with Gasteiger partial charge in [-0.25, -0.2) is 0 Å². The van der Waals surface area contributed by atoms with Crippen LogP contribution in [0.4, 0.5) is 0 Å². The molecule has 0 saturated heterocycles. The number of nitrogens with zero attached hydrogens (tertiary/aromatic N) is 1. The number of nitrogens with one attached hydrogen (secondary N) is 1. The molecule has 0 aliphatic rings. The van der Waals surface area contributed by atoms with E-state index < -0.39 is 0 Å². The third kappa shape index (κ3) is 4.13. The lowest BCUT2D eigenvalue weighted by molar-refractivity contribution is 0.313. The molecule has 0 spiro atoms. The van der Waals surface area contributed by atoms with E-state index in [0.717, 1.165) is 13.1 Å². The van der Waals surface area contributed by atoms with E-state index in [1.807, 2.05) is 36.4 Å². The van der Waals surface area contributed by atoms with Crippen LogP contribution in [0.25, 0.3) is 0 Å². The SMILES string of the molecule is N#Cc1ccccc1OCCNCc1ccccc1. The number of hydrogen-bond donors (Lipinski definition) is 1. The summed E-state index contributed by atoms with van der Waals surface area (Å²) in [7, 11) is 0. The van der Waals surface area contributed by atoms with E-state index in [2.05, 4.69) is 23.5 Å². The Labute approximate surface area is 113 Å². The van der Waals surface area contributed by atoms with Crippen LogP contribution in [0.5, 0.6) is 5.75 Å². The highest BCUT2D eigenvalue weighted by Gasteiger charge is 2.00. The van der Waals surface area contributed by atoms with Crippen LogP contribution < -0.4 is 10.1 Å². The van der Waals surface area contributed by atoms with E-state index in [4.69, 9.17) is 10.00 Å².